The topological polar surface area (TPSA) is 52.7 Å². The zero-order valence-electron chi connectivity index (χ0n) is 17.3. The van der Waals surface area contributed by atoms with Crippen molar-refractivity contribution in [3.05, 3.63) is 71.3 Å². The number of amides is 2. The van der Waals surface area contributed by atoms with Crippen LogP contribution in [0.1, 0.15) is 34.3 Å². The van der Waals surface area contributed by atoms with Crippen molar-refractivity contribution in [1.82, 2.24) is 15.1 Å². The van der Waals surface area contributed by atoms with E-state index in [1.54, 1.807) is 0 Å². The number of piperidine rings is 1. The Hall–Kier alpha value is -2.37. The first kappa shape index (κ1) is 22.3. The molecule has 0 saturated carbocycles. The molecule has 1 atom stereocenters. The maximum atomic E-state index is 13.4. The molecule has 0 spiro atoms. The van der Waals surface area contributed by atoms with Crippen molar-refractivity contribution >= 4 is 24.2 Å². The maximum absolute atomic E-state index is 13.4. The zero-order valence-corrected chi connectivity index (χ0v) is 18.1. The van der Waals surface area contributed by atoms with Crippen molar-refractivity contribution in [1.29, 1.82) is 0 Å². The van der Waals surface area contributed by atoms with Crippen LogP contribution in [0.5, 0.6) is 0 Å². The molecule has 5 nitrogen and oxygen atoms in total. The van der Waals surface area contributed by atoms with Crippen molar-refractivity contribution in [3.8, 4) is 0 Å². The molecule has 2 aliphatic rings. The van der Waals surface area contributed by atoms with Gasteiger partial charge in [0, 0.05) is 37.8 Å². The summed E-state index contributed by atoms with van der Waals surface area (Å²) in [4.78, 5) is 29.5. The summed E-state index contributed by atoms with van der Waals surface area (Å²) in [7, 11) is 0. The second-order valence-electron chi connectivity index (χ2n) is 7.95. The number of carbonyl (C=O) groups is 2. The van der Waals surface area contributed by atoms with Gasteiger partial charge in [-0.05, 0) is 42.9 Å². The highest BCUT2D eigenvalue weighted by Gasteiger charge is 2.32. The average molecular weight is 428 g/mol. The Morgan fingerprint density at radius 1 is 1.00 bits per heavy atom. The van der Waals surface area contributed by atoms with E-state index in [0.717, 1.165) is 56.4 Å². The molecule has 0 aliphatic carbocycles. The molecule has 1 unspecified atom stereocenters. The first-order valence-electron chi connectivity index (χ1n) is 10.6. The number of nitrogens with zero attached hydrogens (tertiary/aromatic N) is 2. The SMILES string of the molecule is Cl.O=C(c1ccccc1CCc1ccccc1)N1CCCC(N2CCNCC2=O)C1. The first-order valence-corrected chi connectivity index (χ1v) is 10.6. The number of rotatable bonds is 5. The molecule has 4 rings (SSSR count). The third-order valence-electron chi connectivity index (χ3n) is 6.02. The van der Waals surface area contributed by atoms with Crippen molar-refractivity contribution in [3.63, 3.8) is 0 Å². The average Bonchev–Trinajstić information content (AvgIpc) is 2.78. The van der Waals surface area contributed by atoms with Gasteiger partial charge in [0.1, 0.15) is 0 Å². The van der Waals surface area contributed by atoms with Gasteiger partial charge in [-0.15, -0.1) is 12.4 Å². The van der Waals surface area contributed by atoms with Crippen molar-refractivity contribution in [2.24, 2.45) is 0 Å². The number of benzene rings is 2. The molecular weight excluding hydrogens is 398 g/mol. The summed E-state index contributed by atoms with van der Waals surface area (Å²) in [5.41, 5.74) is 3.18. The van der Waals surface area contributed by atoms with Crippen LogP contribution in [0.2, 0.25) is 0 Å². The summed E-state index contributed by atoms with van der Waals surface area (Å²) in [6.07, 6.45) is 3.69. The lowest BCUT2D eigenvalue weighted by Gasteiger charge is -2.41. The highest BCUT2D eigenvalue weighted by molar-refractivity contribution is 5.96. The Bertz CT molecular complexity index is 859. The van der Waals surface area contributed by atoms with Crippen LogP contribution in [-0.4, -0.2) is 60.4 Å². The molecule has 0 radical (unpaired) electrons. The predicted octanol–water partition coefficient (Wildman–Crippen LogP) is 2.93. The quantitative estimate of drug-likeness (QED) is 0.798. The first-order chi connectivity index (χ1) is 14.2. The smallest absolute Gasteiger partial charge is 0.254 e. The summed E-state index contributed by atoms with van der Waals surface area (Å²) in [5, 5.41) is 3.13. The fourth-order valence-corrected chi connectivity index (χ4v) is 4.44. The normalized spacial score (nSPS) is 19.3. The van der Waals surface area contributed by atoms with Gasteiger partial charge in [0.25, 0.3) is 5.91 Å². The van der Waals surface area contributed by atoms with Crippen LogP contribution >= 0.6 is 12.4 Å². The second kappa shape index (κ2) is 10.6. The highest BCUT2D eigenvalue weighted by Crippen LogP contribution is 2.21. The molecule has 160 valence electrons. The molecule has 0 bridgehead atoms. The summed E-state index contributed by atoms with van der Waals surface area (Å²) in [6, 6.07) is 18.5. The molecule has 2 amide bonds. The Morgan fingerprint density at radius 2 is 1.77 bits per heavy atom. The third-order valence-corrected chi connectivity index (χ3v) is 6.02. The monoisotopic (exact) mass is 427 g/mol. The number of hydrogen-bond donors (Lipinski definition) is 1. The molecule has 2 aliphatic heterocycles. The van der Waals surface area contributed by atoms with Gasteiger partial charge in [0.05, 0.1) is 6.54 Å². The number of halogens is 1. The van der Waals surface area contributed by atoms with Gasteiger partial charge < -0.3 is 15.1 Å². The van der Waals surface area contributed by atoms with Crippen LogP contribution in [0, 0.1) is 0 Å². The molecule has 1 N–H and O–H groups in total. The van der Waals surface area contributed by atoms with Gasteiger partial charge in [-0.25, -0.2) is 0 Å². The van der Waals surface area contributed by atoms with Crippen molar-refractivity contribution in [2.75, 3.05) is 32.7 Å². The van der Waals surface area contributed by atoms with E-state index in [4.69, 9.17) is 0 Å². The van der Waals surface area contributed by atoms with Gasteiger partial charge >= 0.3 is 0 Å². The Balaban J connectivity index is 0.00000256. The molecule has 6 heteroatoms. The zero-order chi connectivity index (χ0) is 20.1. The van der Waals surface area contributed by atoms with Gasteiger partial charge in [0.2, 0.25) is 5.91 Å². The molecule has 2 heterocycles. The lowest BCUT2D eigenvalue weighted by molar-refractivity contribution is -0.135. The number of hydrogen-bond acceptors (Lipinski definition) is 3. The summed E-state index contributed by atoms with van der Waals surface area (Å²) in [5.74, 6) is 0.250. The lowest BCUT2D eigenvalue weighted by atomic mass is 9.97. The standard InChI is InChI=1S/C24H29N3O2.ClH/c28-23-17-25-14-16-27(23)21-10-6-15-26(18-21)24(29)22-11-5-4-9-20(22)13-12-19-7-2-1-3-8-19;/h1-5,7-9,11,21,25H,6,10,12-18H2;1H. The Kier molecular flexibility index (Phi) is 7.88. The van der Waals surface area contributed by atoms with E-state index in [9.17, 15) is 9.59 Å². The van der Waals surface area contributed by atoms with Crippen LogP contribution < -0.4 is 5.32 Å². The van der Waals surface area contributed by atoms with Crippen molar-refractivity contribution in [2.45, 2.75) is 31.7 Å². The highest BCUT2D eigenvalue weighted by atomic mass is 35.5. The van der Waals surface area contributed by atoms with Crippen LogP contribution in [-0.2, 0) is 17.6 Å². The number of piperazine rings is 1. The number of carbonyl (C=O) groups excluding carboxylic acids is 2. The van der Waals surface area contributed by atoms with Crippen molar-refractivity contribution < 1.29 is 9.59 Å². The summed E-state index contributed by atoms with van der Waals surface area (Å²) in [6.45, 7) is 3.38. The molecule has 0 aromatic heterocycles. The number of nitrogens with one attached hydrogen (secondary N) is 1. The molecular formula is C24H30ClN3O2. The molecule has 2 saturated heterocycles. The van der Waals surface area contributed by atoms with Gasteiger partial charge in [-0.1, -0.05) is 48.5 Å². The fourth-order valence-electron chi connectivity index (χ4n) is 4.44. The van der Waals surface area contributed by atoms with E-state index in [1.165, 1.54) is 5.56 Å². The fraction of sp³-hybridized carbons (Fsp3) is 0.417. The van der Waals surface area contributed by atoms with E-state index in [-0.39, 0.29) is 30.3 Å². The second-order valence-corrected chi connectivity index (χ2v) is 7.95. The van der Waals surface area contributed by atoms with Crippen LogP contribution in [0.4, 0.5) is 0 Å². The van der Waals surface area contributed by atoms with E-state index < -0.39 is 0 Å². The molecule has 30 heavy (non-hydrogen) atoms. The van der Waals surface area contributed by atoms with E-state index in [1.807, 2.05) is 34.1 Å². The Labute approximate surface area is 184 Å². The van der Waals surface area contributed by atoms with Gasteiger partial charge in [-0.2, -0.15) is 0 Å². The van der Waals surface area contributed by atoms with Gasteiger partial charge in [0.15, 0.2) is 0 Å². The summed E-state index contributed by atoms with van der Waals surface area (Å²) < 4.78 is 0. The third kappa shape index (κ3) is 5.21. The Morgan fingerprint density at radius 3 is 2.57 bits per heavy atom. The largest absolute Gasteiger partial charge is 0.337 e. The van der Waals surface area contributed by atoms with Crippen LogP contribution in [0.15, 0.2) is 54.6 Å². The minimum atomic E-state index is 0. The maximum Gasteiger partial charge on any atom is 0.254 e. The lowest BCUT2D eigenvalue weighted by Crippen LogP contribution is -2.57. The molecule has 2 aromatic carbocycles. The van der Waals surface area contributed by atoms with Crippen LogP contribution in [0.25, 0.3) is 0 Å². The molecule has 2 fully saturated rings. The number of likely N-dealkylation sites (tertiary alicyclic amines) is 1. The molecule has 2 aromatic rings. The van der Waals surface area contributed by atoms with E-state index >= 15 is 0 Å². The minimum absolute atomic E-state index is 0. The predicted molar refractivity (Wildman–Crippen MR) is 121 cm³/mol. The van der Waals surface area contributed by atoms with Crippen LogP contribution in [0.3, 0.4) is 0 Å². The number of aryl methyl sites for hydroxylation is 2. The van der Waals surface area contributed by atoms with E-state index in [0.29, 0.717) is 13.1 Å². The van der Waals surface area contributed by atoms with E-state index in [2.05, 4.69) is 35.6 Å². The minimum Gasteiger partial charge on any atom is -0.337 e. The van der Waals surface area contributed by atoms with Gasteiger partial charge in [-0.3, -0.25) is 9.59 Å². The summed E-state index contributed by atoms with van der Waals surface area (Å²) >= 11 is 0.